The molecule has 0 aromatic carbocycles. The summed E-state index contributed by atoms with van der Waals surface area (Å²) < 4.78 is 0. The first-order valence-electron chi connectivity index (χ1n) is 5.09. The van der Waals surface area contributed by atoms with Gasteiger partial charge in [-0.2, -0.15) is 0 Å². The van der Waals surface area contributed by atoms with Crippen LogP contribution >= 0.6 is 0 Å². The van der Waals surface area contributed by atoms with Gasteiger partial charge in [0.2, 0.25) is 0 Å². The second-order valence-electron chi connectivity index (χ2n) is 3.70. The Morgan fingerprint density at radius 1 is 1.60 bits per heavy atom. The number of aromatic nitrogens is 1. The summed E-state index contributed by atoms with van der Waals surface area (Å²) in [7, 11) is 0. The van der Waals surface area contributed by atoms with Crippen LogP contribution in [0.3, 0.4) is 0 Å². The van der Waals surface area contributed by atoms with Crippen molar-refractivity contribution in [3.05, 3.63) is 29.6 Å². The van der Waals surface area contributed by atoms with Crippen LogP contribution in [-0.4, -0.2) is 23.5 Å². The standard InChI is InChI=1S/C11H17N3O/c1-8(2)14-11(15)9-4-6-13-10(7-9)3-5-12/h4,6-8H,3,5,12H2,1-2H3,(H,14,15). The van der Waals surface area contributed by atoms with E-state index in [9.17, 15) is 4.79 Å². The number of nitrogens with one attached hydrogen (secondary N) is 1. The highest BCUT2D eigenvalue weighted by Crippen LogP contribution is 2.02. The highest BCUT2D eigenvalue weighted by molar-refractivity contribution is 5.94. The zero-order chi connectivity index (χ0) is 11.3. The van der Waals surface area contributed by atoms with Crippen molar-refractivity contribution in [3.8, 4) is 0 Å². The second-order valence-corrected chi connectivity index (χ2v) is 3.70. The van der Waals surface area contributed by atoms with E-state index in [1.807, 2.05) is 13.8 Å². The van der Waals surface area contributed by atoms with Gasteiger partial charge in [0.1, 0.15) is 0 Å². The van der Waals surface area contributed by atoms with Gasteiger partial charge in [0.15, 0.2) is 0 Å². The molecule has 0 atom stereocenters. The van der Waals surface area contributed by atoms with Crippen LogP contribution in [0.15, 0.2) is 18.3 Å². The number of carbonyl (C=O) groups is 1. The SMILES string of the molecule is CC(C)NC(=O)c1ccnc(CCN)c1. The molecule has 1 aromatic heterocycles. The summed E-state index contributed by atoms with van der Waals surface area (Å²) in [5.74, 6) is -0.0642. The van der Waals surface area contributed by atoms with Gasteiger partial charge < -0.3 is 11.1 Å². The number of hydrogen-bond acceptors (Lipinski definition) is 3. The van der Waals surface area contributed by atoms with Crippen LogP contribution in [0.25, 0.3) is 0 Å². The van der Waals surface area contributed by atoms with Gasteiger partial charge in [0.25, 0.3) is 5.91 Å². The summed E-state index contributed by atoms with van der Waals surface area (Å²) in [6.07, 6.45) is 2.34. The van der Waals surface area contributed by atoms with Gasteiger partial charge in [0, 0.05) is 29.9 Å². The van der Waals surface area contributed by atoms with E-state index in [2.05, 4.69) is 10.3 Å². The van der Waals surface area contributed by atoms with Crippen LogP contribution in [-0.2, 0) is 6.42 Å². The third kappa shape index (κ3) is 3.67. The van der Waals surface area contributed by atoms with E-state index in [-0.39, 0.29) is 11.9 Å². The number of nitrogens with zero attached hydrogens (tertiary/aromatic N) is 1. The molecule has 0 fully saturated rings. The van der Waals surface area contributed by atoms with Gasteiger partial charge in [0.05, 0.1) is 0 Å². The number of hydrogen-bond donors (Lipinski definition) is 2. The van der Waals surface area contributed by atoms with E-state index in [1.165, 1.54) is 0 Å². The molecule has 1 heterocycles. The zero-order valence-corrected chi connectivity index (χ0v) is 9.16. The topological polar surface area (TPSA) is 68.0 Å². The monoisotopic (exact) mass is 207 g/mol. The average Bonchev–Trinajstić information content (AvgIpc) is 2.17. The molecule has 3 N–H and O–H groups in total. The Bertz CT molecular complexity index is 336. The normalized spacial score (nSPS) is 10.4. The Morgan fingerprint density at radius 2 is 2.33 bits per heavy atom. The minimum atomic E-state index is -0.0642. The van der Waals surface area contributed by atoms with Gasteiger partial charge in [-0.15, -0.1) is 0 Å². The lowest BCUT2D eigenvalue weighted by Crippen LogP contribution is -2.30. The van der Waals surface area contributed by atoms with Crippen molar-refractivity contribution in [2.75, 3.05) is 6.54 Å². The number of carbonyl (C=O) groups excluding carboxylic acids is 1. The molecule has 82 valence electrons. The lowest BCUT2D eigenvalue weighted by Gasteiger charge is -2.08. The minimum absolute atomic E-state index is 0.0642. The molecule has 1 aromatic rings. The van der Waals surface area contributed by atoms with Crippen LogP contribution in [0, 0.1) is 0 Å². The number of pyridine rings is 1. The van der Waals surface area contributed by atoms with E-state index in [4.69, 9.17) is 5.73 Å². The van der Waals surface area contributed by atoms with Gasteiger partial charge in [-0.3, -0.25) is 9.78 Å². The quantitative estimate of drug-likeness (QED) is 0.764. The molecular formula is C11H17N3O. The zero-order valence-electron chi connectivity index (χ0n) is 9.16. The molecule has 1 amide bonds. The van der Waals surface area contributed by atoms with E-state index < -0.39 is 0 Å². The summed E-state index contributed by atoms with van der Waals surface area (Å²) in [6, 6.07) is 3.63. The Kier molecular flexibility index (Phi) is 4.24. The molecule has 0 radical (unpaired) electrons. The molecule has 4 heteroatoms. The summed E-state index contributed by atoms with van der Waals surface area (Å²) in [6.45, 7) is 4.40. The summed E-state index contributed by atoms with van der Waals surface area (Å²) >= 11 is 0. The molecule has 0 aliphatic rings. The first kappa shape index (κ1) is 11.7. The average molecular weight is 207 g/mol. The fourth-order valence-corrected chi connectivity index (χ4v) is 1.25. The smallest absolute Gasteiger partial charge is 0.251 e. The molecule has 0 unspecified atom stereocenters. The number of amides is 1. The number of nitrogens with two attached hydrogens (primary N) is 1. The molecule has 0 bridgehead atoms. The summed E-state index contributed by atoms with van der Waals surface area (Å²) in [4.78, 5) is 15.8. The van der Waals surface area contributed by atoms with Crippen molar-refractivity contribution < 1.29 is 4.79 Å². The molecule has 0 spiro atoms. The predicted octanol–water partition coefficient (Wildman–Crippen LogP) is 0.721. The van der Waals surface area contributed by atoms with Crippen LogP contribution in [0.2, 0.25) is 0 Å². The first-order valence-corrected chi connectivity index (χ1v) is 5.09. The Morgan fingerprint density at radius 3 is 2.93 bits per heavy atom. The maximum absolute atomic E-state index is 11.6. The summed E-state index contributed by atoms with van der Waals surface area (Å²) in [5, 5.41) is 2.83. The van der Waals surface area contributed by atoms with Crippen molar-refractivity contribution in [3.63, 3.8) is 0 Å². The molecule has 1 rings (SSSR count). The van der Waals surface area contributed by atoms with Crippen LogP contribution in [0.1, 0.15) is 29.9 Å². The first-order chi connectivity index (χ1) is 7.13. The molecule has 0 saturated heterocycles. The third-order valence-corrected chi connectivity index (χ3v) is 1.90. The molecule has 15 heavy (non-hydrogen) atoms. The van der Waals surface area contributed by atoms with Crippen molar-refractivity contribution in [2.24, 2.45) is 5.73 Å². The summed E-state index contributed by atoms with van der Waals surface area (Å²) in [5.41, 5.74) is 6.92. The highest BCUT2D eigenvalue weighted by Gasteiger charge is 2.07. The van der Waals surface area contributed by atoms with Crippen LogP contribution in [0.5, 0.6) is 0 Å². The van der Waals surface area contributed by atoms with Gasteiger partial charge in [-0.05, 0) is 32.5 Å². The molecule has 0 aliphatic carbocycles. The van der Waals surface area contributed by atoms with Gasteiger partial charge >= 0.3 is 0 Å². The molecular weight excluding hydrogens is 190 g/mol. The minimum Gasteiger partial charge on any atom is -0.350 e. The molecule has 0 saturated carbocycles. The Labute approximate surface area is 89.9 Å². The van der Waals surface area contributed by atoms with Crippen molar-refractivity contribution >= 4 is 5.91 Å². The fraction of sp³-hybridized carbons (Fsp3) is 0.455. The van der Waals surface area contributed by atoms with E-state index in [0.717, 1.165) is 5.69 Å². The Balaban J connectivity index is 2.76. The van der Waals surface area contributed by atoms with E-state index in [1.54, 1.807) is 18.3 Å². The highest BCUT2D eigenvalue weighted by atomic mass is 16.1. The largest absolute Gasteiger partial charge is 0.350 e. The fourth-order valence-electron chi connectivity index (χ4n) is 1.25. The van der Waals surface area contributed by atoms with Crippen molar-refractivity contribution in [2.45, 2.75) is 26.3 Å². The number of rotatable bonds is 4. The molecule has 4 nitrogen and oxygen atoms in total. The van der Waals surface area contributed by atoms with Crippen molar-refractivity contribution in [1.82, 2.24) is 10.3 Å². The van der Waals surface area contributed by atoms with Crippen LogP contribution < -0.4 is 11.1 Å². The maximum atomic E-state index is 11.6. The lowest BCUT2D eigenvalue weighted by molar-refractivity contribution is 0.0943. The van der Waals surface area contributed by atoms with Gasteiger partial charge in [-0.1, -0.05) is 0 Å². The van der Waals surface area contributed by atoms with E-state index >= 15 is 0 Å². The maximum Gasteiger partial charge on any atom is 0.251 e. The lowest BCUT2D eigenvalue weighted by atomic mass is 10.2. The van der Waals surface area contributed by atoms with Gasteiger partial charge in [-0.25, -0.2) is 0 Å². The second kappa shape index (κ2) is 5.46. The van der Waals surface area contributed by atoms with Crippen molar-refractivity contribution in [1.29, 1.82) is 0 Å². The molecule has 0 aliphatic heterocycles. The van der Waals surface area contributed by atoms with Crippen LogP contribution in [0.4, 0.5) is 0 Å². The predicted molar refractivity (Wildman–Crippen MR) is 59.6 cm³/mol. The van der Waals surface area contributed by atoms with E-state index in [0.29, 0.717) is 18.5 Å². The third-order valence-electron chi connectivity index (χ3n) is 1.90. The Hall–Kier alpha value is -1.42.